The first-order chi connectivity index (χ1) is 27.1. The van der Waals surface area contributed by atoms with E-state index in [-0.39, 0.29) is 5.41 Å². The molecule has 260 valence electrons. The van der Waals surface area contributed by atoms with Crippen molar-refractivity contribution in [2.45, 2.75) is 44.9 Å². The summed E-state index contributed by atoms with van der Waals surface area (Å²) in [5.74, 6) is 0.659. The van der Waals surface area contributed by atoms with Gasteiger partial charge in [0.05, 0.1) is 0 Å². The molecule has 0 nitrogen and oxygen atoms in total. The maximum atomic E-state index is 2.63. The van der Waals surface area contributed by atoms with Crippen LogP contribution in [0.5, 0.6) is 0 Å². The fourth-order valence-corrected chi connectivity index (χ4v) is 12.0. The van der Waals surface area contributed by atoms with Gasteiger partial charge in [-0.2, -0.15) is 0 Å². The Morgan fingerprint density at radius 1 is 0.582 bits per heavy atom. The van der Waals surface area contributed by atoms with Gasteiger partial charge in [0.25, 0.3) is 0 Å². The molecule has 0 bridgehead atoms. The van der Waals surface area contributed by atoms with Gasteiger partial charge >= 0.3 is 0 Å². The fraction of sp³-hybridized carbons (Fsp3) is 0.164. The average molecular weight is 701 g/mol. The van der Waals surface area contributed by atoms with Crippen molar-refractivity contribution in [3.05, 3.63) is 190 Å². The van der Waals surface area contributed by atoms with Crippen LogP contribution in [0.1, 0.15) is 72.9 Å². The van der Waals surface area contributed by atoms with Crippen LogP contribution in [0.15, 0.2) is 157 Å². The Labute approximate surface area is 322 Å². The number of benzene rings is 6. The topological polar surface area (TPSA) is 0 Å². The fourth-order valence-electron chi connectivity index (χ4n) is 12.0. The van der Waals surface area contributed by atoms with E-state index < -0.39 is 0 Å². The zero-order valence-corrected chi connectivity index (χ0v) is 31.3. The van der Waals surface area contributed by atoms with Crippen molar-refractivity contribution >= 4 is 43.8 Å². The summed E-state index contributed by atoms with van der Waals surface area (Å²) in [7, 11) is 0. The van der Waals surface area contributed by atoms with E-state index in [0.717, 1.165) is 25.7 Å². The van der Waals surface area contributed by atoms with E-state index in [0.29, 0.717) is 11.8 Å². The number of rotatable bonds is 2. The van der Waals surface area contributed by atoms with Gasteiger partial charge in [0.2, 0.25) is 0 Å². The summed E-state index contributed by atoms with van der Waals surface area (Å²) in [6.45, 7) is 4.79. The largest absolute Gasteiger partial charge is 0.0839 e. The second-order valence-corrected chi connectivity index (χ2v) is 17.2. The lowest BCUT2D eigenvalue weighted by atomic mass is 9.69. The molecule has 0 amide bonds. The summed E-state index contributed by atoms with van der Waals surface area (Å²) < 4.78 is 0. The van der Waals surface area contributed by atoms with Crippen LogP contribution in [0, 0.1) is 11.8 Å². The van der Waals surface area contributed by atoms with Crippen LogP contribution < -0.4 is 0 Å². The van der Waals surface area contributed by atoms with Crippen molar-refractivity contribution < 1.29 is 0 Å². The maximum Gasteiger partial charge on any atom is 0.0206 e. The van der Waals surface area contributed by atoms with Crippen LogP contribution in [0.25, 0.3) is 77.2 Å². The van der Waals surface area contributed by atoms with Crippen LogP contribution in [-0.4, -0.2) is 0 Å². The quantitative estimate of drug-likeness (QED) is 0.158. The zero-order valence-electron chi connectivity index (χ0n) is 31.3. The summed E-state index contributed by atoms with van der Waals surface area (Å²) in [4.78, 5) is 0. The highest BCUT2D eigenvalue weighted by Gasteiger charge is 2.45. The second kappa shape index (κ2) is 10.6. The molecule has 0 saturated heterocycles. The summed E-state index contributed by atoms with van der Waals surface area (Å²) in [6.07, 6.45) is 24.0. The van der Waals surface area contributed by atoms with Crippen LogP contribution in [0.4, 0.5) is 0 Å². The van der Waals surface area contributed by atoms with Gasteiger partial charge in [0.1, 0.15) is 0 Å². The van der Waals surface area contributed by atoms with Gasteiger partial charge in [-0.3, -0.25) is 0 Å². The first-order valence-corrected chi connectivity index (χ1v) is 20.4. The normalized spacial score (nSPS) is 21.3. The Hall–Kier alpha value is -5.98. The van der Waals surface area contributed by atoms with E-state index in [1.807, 2.05) is 0 Å². The molecule has 0 spiro atoms. The van der Waals surface area contributed by atoms with Crippen molar-refractivity contribution in [1.29, 1.82) is 0 Å². The van der Waals surface area contributed by atoms with Gasteiger partial charge in [-0.25, -0.2) is 0 Å². The molecule has 0 aliphatic heterocycles. The Morgan fingerprint density at radius 3 is 2.31 bits per heavy atom. The first-order valence-electron chi connectivity index (χ1n) is 20.4. The number of hydrogen-bond acceptors (Lipinski definition) is 0. The van der Waals surface area contributed by atoms with Crippen LogP contribution >= 0.6 is 0 Å². The smallest absolute Gasteiger partial charge is 0.0206 e. The molecule has 2 unspecified atom stereocenters. The van der Waals surface area contributed by atoms with E-state index in [1.54, 1.807) is 0 Å². The average Bonchev–Trinajstić information content (AvgIpc) is 3.82. The SMILES string of the molecule is CC1(C)c2ccccc2-c2cc(-c3c4c(c(-c5ccccc5)c5c3cc3c6c(cccc65)C5=C3CCC=C5)C3=CC5=C(C=CCC5)C5C=CC=C4C35)ccc21. The van der Waals surface area contributed by atoms with Gasteiger partial charge in [0.15, 0.2) is 0 Å². The van der Waals surface area contributed by atoms with Crippen LogP contribution in [0.3, 0.4) is 0 Å². The standard InChI is InChI=1S/C55H40/c1-55(2)46-25-11-10-20-37(46)42-29-33(26-27-47(42)55)48-45-30-43-36-19-9-8-18-35(36)39-22-13-23-40(50(39)43)52(45)49(31-14-4-3-5-15-31)54-44-28-32-16-6-7-17-34(32)38-21-12-24-41(51(38)44)53(48)54/h3-5,7-8,10-15,17-18,20-30,38,51H,6,9,16,19H2,1-2H3. The lowest BCUT2D eigenvalue weighted by Gasteiger charge is -2.34. The summed E-state index contributed by atoms with van der Waals surface area (Å²) >= 11 is 0. The Morgan fingerprint density at radius 2 is 1.38 bits per heavy atom. The number of allylic oxidation sites excluding steroid dienone is 14. The Kier molecular flexibility index (Phi) is 5.86. The molecule has 0 fully saturated rings. The molecule has 6 aromatic carbocycles. The molecule has 7 aliphatic carbocycles. The molecule has 6 aromatic rings. The van der Waals surface area contributed by atoms with Crippen molar-refractivity contribution in [2.75, 3.05) is 0 Å². The molecule has 0 N–H and O–H groups in total. The minimum atomic E-state index is -0.0382. The third-order valence-corrected chi connectivity index (χ3v) is 14.3. The van der Waals surface area contributed by atoms with Gasteiger partial charge in [-0.1, -0.05) is 147 Å². The molecule has 0 radical (unpaired) electrons. The van der Waals surface area contributed by atoms with Crippen LogP contribution in [0.2, 0.25) is 0 Å². The summed E-state index contributed by atoms with van der Waals surface area (Å²) in [5.41, 5.74) is 25.8. The third kappa shape index (κ3) is 3.78. The molecule has 0 heterocycles. The zero-order chi connectivity index (χ0) is 36.2. The second-order valence-electron chi connectivity index (χ2n) is 17.2. The van der Waals surface area contributed by atoms with Gasteiger partial charge in [0, 0.05) is 17.3 Å². The van der Waals surface area contributed by atoms with E-state index in [1.165, 1.54) is 122 Å². The van der Waals surface area contributed by atoms with E-state index >= 15 is 0 Å². The molecule has 7 aliphatic rings. The number of fused-ring (bicyclic) bond motifs is 11. The van der Waals surface area contributed by atoms with Crippen molar-refractivity contribution in [2.24, 2.45) is 11.8 Å². The van der Waals surface area contributed by atoms with E-state index in [4.69, 9.17) is 0 Å². The van der Waals surface area contributed by atoms with E-state index in [2.05, 4.69) is 160 Å². The third-order valence-electron chi connectivity index (χ3n) is 14.3. The maximum absolute atomic E-state index is 2.63. The molecule has 2 atom stereocenters. The predicted octanol–water partition coefficient (Wildman–Crippen LogP) is 14.5. The van der Waals surface area contributed by atoms with Crippen molar-refractivity contribution in [3.8, 4) is 33.4 Å². The summed E-state index contributed by atoms with van der Waals surface area (Å²) in [6, 6.07) is 37.7. The predicted molar refractivity (Wildman–Crippen MR) is 233 cm³/mol. The minimum absolute atomic E-state index is 0.0382. The number of hydrogen-bond donors (Lipinski definition) is 0. The molecule has 55 heavy (non-hydrogen) atoms. The lowest BCUT2D eigenvalue weighted by Crippen LogP contribution is -2.21. The molecule has 0 aromatic heterocycles. The minimum Gasteiger partial charge on any atom is -0.0839 e. The molecule has 0 heteroatoms. The highest BCUT2D eigenvalue weighted by molar-refractivity contribution is 6.30. The van der Waals surface area contributed by atoms with E-state index in [9.17, 15) is 0 Å². The van der Waals surface area contributed by atoms with Gasteiger partial charge in [-0.05, 0) is 160 Å². The van der Waals surface area contributed by atoms with Crippen molar-refractivity contribution in [3.63, 3.8) is 0 Å². The molecular weight excluding hydrogens is 661 g/mol. The first kappa shape index (κ1) is 30.4. The van der Waals surface area contributed by atoms with Gasteiger partial charge < -0.3 is 0 Å². The highest BCUT2D eigenvalue weighted by Crippen LogP contribution is 2.64. The van der Waals surface area contributed by atoms with Crippen molar-refractivity contribution in [1.82, 2.24) is 0 Å². The highest BCUT2D eigenvalue weighted by atomic mass is 14.5. The molecule has 0 saturated carbocycles. The van der Waals surface area contributed by atoms with Gasteiger partial charge in [-0.15, -0.1) is 0 Å². The Balaban J connectivity index is 1.24. The Bertz CT molecular complexity index is 3030. The monoisotopic (exact) mass is 700 g/mol. The summed E-state index contributed by atoms with van der Waals surface area (Å²) in [5, 5.41) is 5.61. The lowest BCUT2D eigenvalue weighted by molar-refractivity contribution is 0.660. The van der Waals surface area contributed by atoms with Crippen LogP contribution in [-0.2, 0) is 5.41 Å². The molecular formula is C55H40. The molecule has 13 rings (SSSR count).